The van der Waals surface area contributed by atoms with Gasteiger partial charge in [-0.3, -0.25) is 4.90 Å². The Balaban J connectivity index is 1.65. The third-order valence-electron chi connectivity index (χ3n) is 5.95. The summed E-state index contributed by atoms with van der Waals surface area (Å²) in [7, 11) is 0. The van der Waals surface area contributed by atoms with Crippen molar-refractivity contribution < 1.29 is 0 Å². The molecule has 1 aliphatic heterocycles. The normalized spacial score (nSPS) is 14.6. The summed E-state index contributed by atoms with van der Waals surface area (Å²) in [5.74, 6) is 0. The minimum Gasteiger partial charge on any atom is -0.314 e. The summed E-state index contributed by atoms with van der Waals surface area (Å²) in [6.07, 6.45) is 2.20. The van der Waals surface area contributed by atoms with Crippen molar-refractivity contribution in [1.29, 1.82) is 5.26 Å². The number of hydrogen-bond donors (Lipinski definition) is 1. The zero-order chi connectivity index (χ0) is 21.2. The Morgan fingerprint density at radius 1 is 0.968 bits per heavy atom. The van der Waals surface area contributed by atoms with E-state index in [9.17, 15) is 5.26 Å². The van der Waals surface area contributed by atoms with Crippen molar-refractivity contribution in [2.45, 2.75) is 13.5 Å². The molecular weight excluding hydrogens is 382 g/mol. The highest BCUT2D eigenvalue weighted by atomic mass is 15.2. The van der Waals surface area contributed by atoms with Crippen LogP contribution in [0.5, 0.6) is 0 Å². The fourth-order valence-corrected chi connectivity index (χ4v) is 4.21. The van der Waals surface area contributed by atoms with Crippen molar-refractivity contribution in [3.63, 3.8) is 0 Å². The minimum absolute atomic E-state index is 0.656. The summed E-state index contributed by atoms with van der Waals surface area (Å²) >= 11 is 0. The fourth-order valence-electron chi connectivity index (χ4n) is 4.21. The second-order valence-electron chi connectivity index (χ2n) is 8.14. The molecule has 2 aromatic heterocycles. The van der Waals surface area contributed by atoms with E-state index in [1.165, 1.54) is 22.4 Å². The van der Waals surface area contributed by atoms with Gasteiger partial charge in [0, 0.05) is 44.5 Å². The molecule has 4 aromatic rings. The molecule has 0 spiro atoms. The lowest BCUT2D eigenvalue weighted by atomic mass is 10.1. The highest BCUT2D eigenvalue weighted by Crippen LogP contribution is 2.29. The van der Waals surface area contributed by atoms with Crippen molar-refractivity contribution in [2.24, 2.45) is 0 Å². The predicted molar refractivity (Wildman–Crippen MR) is 124 cm³/mol. The summed E-state index contributed by atoms with van der Waals surface area (Å²) in [6.45, 7) is 6.97. The summed E-state index contributed by atoms with van der Waals surface area (Å²) in [6, 6.07) is 22.9. The fraction of sp³-hybridized carbons (Fsp3) is 0.231. The summed E-state index contributed by atoms with van der Waals surface area (Å²) in [5, 5.41) is 12.8. The van der Waals surface area contributed by atoms with Crippen molar-refractivity contribution in [3.05, 3.63) is 83.7 Å². The first kappa shape index (κ1) is 19.5. The van der Waals surface area contributed by atoms with E-state index in [4.69, 9.17) is 4.98 Å². The Morgan fingerprint density at radius 3 is 2.52 bits per heavy atom. The Morgan fingerprint density at radius 2 is 1.74 bits per heavy atom. The van der Waals surface area contributed by atoms with Crippen LogP contribution < -0.4 is 5.32 Å². The number of rotatable bonds is 4. The standard InChI is InChI=1S/C26H25N5/c1-19-5-7-21(8-6-19)23-9-10-25-29-26(22-4-2-3-20(15-22)16-27)24(31(25)17-23)18-30-13-11-28-12-14-30/h2-10,15,17,28H,11-14,18H2,1H3. The number of fused-ring (bicyclic) bond motifs is 1. The first-order chi connectivity index (χ1) is 15.2. The molecule has 1 aliphatic rings. The molecule has 5 rings (SSSR count). The number of pyridine rings is 1. The highest BCUT2D eigenvalue weighted by Gasteiger charge is 2.19. The van der Waals surface area contributed by atoms with Gasteiger partial charge in [-0.1, -0.05) is 42.0 Å². The van der Waals surface area contributed by atoms with Crippen molar-refractivity contribution in [1.82, 2.24) is 19.6 Å². The largest absolute Gasteiger partial charge is 0.314 e. The number of aryl methyl sites for hydroxylation is 1. The lowest BCUT2D eigenvalue weighted by molar-refractivity contribution is 0.230. The minimum atomic E-state index is 0.656. The van der Waals surface area contributed by atoms with Crippen LogP contribution in [0.4, 0.5) is 0 Å². The van der Waals surface area contributed by atoms with Crippen molar-refractivity contribution >= 4 is 5.65 Å². The number of hydrogen-bond acceptors (Lipinski definition) is 4. The van der Waals surface area contributed by atoms with Gasteiger partial charge in [0.2, 0.25) is 0 Å². The number of nitrogens with one attached hydrogen (secondary N) is 1. The first-order valence-corrected chi connectivity index (χ1v) is 10.7. The third-order valence-corrected chi connectivity index (χ3v) is 5.95. The Hall–Kier alpha value is -3.46. The van der Waals surface area contributed by atoms with Crippen LogP contribution in [0.2, 0.25) is 0 Å². The van der Waals surface area contributed by atoms with Crippen LogP contribution >= 0.6 is 0 Å². The maximum Gasteiger partial charge on any atom is 0.137 e. The van der Waals surface area contributed by atoms with E-state index < -0.39 is 0 Å². The van der Waals surface area contributed by atoms with Crippen LogP contribution in [0.1, 0.15) is 16.8 Å². The van der Waals surface area contributed by atoms with Crippen molar-refractivity contribution in [2.75, 3.05) is 26.2 Å². The average molecular weight is 408 g/mol. The maximum absolute atomic E-state index is 9.37. The highest BCUT2D eigenvalue weighted by molar-refractivity contribution is 5.71. The molecule has 0 aliphatic carbocycles. The molecule has 0 saturated carbocycles. The molecular formula is C26H25N5. The van der Waals surface area contributed by atoms with Crippen LogP contribution in [0, 0.1) is 18.3 Å². The van der Waals surface area contributed by atoms with E-state index in [1.54, 1.807) is 0 Å². The zero-order valence-corrected chi connectivity index (χ0v) is 17.7. The van der Waals surface area contributed by atoms with E-state index in [0.717, 1.165) is 49.6 Å². The lowest BCUT2D eigenvalue weighted by Crippen LogP contribution is -2.43. The van der Waals surface area contributed by atoms with Gasteiger partial charge in [-0.25, -0.2) is 4.98 Å². The third kappa shape index (κ3) is 3.96. The molecule has 0 atom stereocenters. The number of benzene rings is 2. The lowest BCUT2D eigenvalue weighted by Gasteiger charge is -2.27. The first-order valence-electron chi connectivity index (χ1n) is 10.7. The summed E-state index contributed by atoms with van der Waals surface area (Å²) < 4.78 is 2.23. The van der Waals surface area contributed by atoms with E-state index in [-0.39, 0.29) is 0 Å². The summed E-state index contributed by atoms with van der Waals surface area (Å²) in [4.78, 5) is 7.45. The van der Waals surface area contributed by atoms with E-state index in [1.807, 2.05) is 24.3 Å². The van der Waals surface area contributed by atoms with Crippen LogP contribution in [-0.2, 0) is 6.54 Å². The quantitative estimate of drug-likeness (QED) is 0.549. The molecule has 5 heteroatoms. The molecule has 5 nitrogen and oxygen atoms in total. The van der Waals surface area contributed by atoms with Crippen LogP contribution in [0.3, 0.4) is 0 Å². The van der Waals surface area contributed by atoms with Gasteiger partial charge in [-0.05, 0) is 42.3 Å². The molecule has 2 aromatic carbocycles. The molecule has 1 fully saturated rings. The molecule has 1 N–H and O–H groups in total. The number of imidazole rings is 1. The van der Waals surface area contributed by atoms with Gasteiger partial charge < -0.3 is 9.72 Å². The number of piperazine rings is 1. The SMILES string of the molecule is Cc1ccc(-c2ccc3nc(-c4cccc(C#N)c4)c(CN4CCNCC4)n3c2)cc1. The number of nitrogens with zero attached hydrogens (tertiary/aromatic N) is 4. The topological polar surface area (TPSA) is 56.4 Å². The van der Waals surface area contributed by atoms with Crippen LogP contribution in [0.15, 0.2) is 66.9 Å². The molecule has 0 bridgehead atoms. The molecule has 31 heavy (non-hydrogen) atoms. The van der Waals surface area contributed by atoms with Crippen LogP contribution in [0.25, 0.3) is 28.0 Å². The van der Waals surface area contributed by atoms with Gasteiger partial charge in [0.1, 0.15) is 5.65 Å². The van der Waals surface area contributed by atoms with Crippen LogP contribution in [-0.4, -0.2) is 40.5 Å². The molecule has 0 radical (unpaired) electrons. The molecule has 154 valence electrons. The smallest absolute Gasteiger partial charge is 0.137 e. The zero-order valence-electron chi connectivity index (χ0n) is 17.7. The van der Waals surface area contributed by atoms with E-state index >= 15 is 0 Å². The maximum atomic E-state index is 9.37. The Kier molecular flexibility index (Phi) is 5.25. The van der Waals surface area contributed by atoms with Crippen molar-refractivity contribution in [3.8, 4) is 28.5 Å². The Bertz CT molecular complexity index is 1260. The monoisotopic (exact) mass is 407 g/mol. The number of aromatic nitrogens is 2. The van der Waals surface area contributed by atoms with Gasteiger partial charge in [-0.2, -0.15) is 5.26 Å². The summed E-state index contributed by atoms with van der Waals surface area (Å²) in [5.41, 5.74) is 8.32. The molecule has 0 unspecified atom stereocenters. The second kappa shape index (κ2) is 8.35. The predicted octanol–water partition coefficient (Wildman–Crippen LogP) is 4.25. The van der Waals surface area contributed by atoms with Gasteiger partial charge in [0.05, 0.1) is 23.0 Å². The van der Waals surface area contributed by atoms with Gasteiger partial charge >= 0.3 is 0 Å². The molecule has 3 heterocycles. The number of nitriles is 1. The molecule has 1 saturated heterocycles. The van der Waals surface area contributed by atoms with Gasteiger partial charge in [0.15, 0.2) is 0 Å². The molecule has 0 amide bonds. The van der Waals surface area contributed by atoms with E-state index in [0.29, 0.717) is 5.56 Å². The van der Waals surface area contributed by atoms with Gasteiger partial charge in [-0.15, -0.1) is 0 Å². The average Bonchev–Trinajstić information content (AvgIpc) is 3.18. The van der Waals surface area contributed by atoms with E-state index in [2.05, 4.69) is 70.2 Å². The second-order valence-corrected chi connectivity index (χ2v) is 8.14. The van der Waals surface area contributed by atoms with Gasteiger partial charge in [0.25, 0.3) is 0 Å². The Labute approximate surface area is 182 Å².